The van der Waals surface area contributed by atoms with Crippen LogP contribution in [0.1, 0.15) is 5.56 Å². The molecule has 0 nitrogen and oxygen atoms in total. The summed E-state index contributed by atoms with van der Waals surface area (Å²) in [5, 5.41) is 0.861. The van der Waals surface area contributed by atoms with Gasteiger partial charge in [0.1, 0.15) is 0 Å². The molecule has 11 heavy (non-hydrogen) atoms. The molecule has 0 radical (unpaired) electrons. The number of alkyl halides is 1. The van der Waals surface area contributed by atoms with Crippen LogP contribution in [0.5, 0.6) is 0 Å². The van der Waals surface area contributed by atoms with Crippen molar-refractivity contribution in [3.05, 3.63) is 31.1 Å². The average Bonchev–Trinajstić information content (AvgIpc) is 1.97. The van der Waals surface area contributed by atoms with Crippen LogP contribution in [0.4, 0.5) is 0 Å². The molecule has 0 heterocycles. The quantitative estimate of drug-likeness (QED) is 0.460. The molecule has 0 saturated carbocycles. The lowest BCUT2D eigenvalue weighted by Crippen LogP contribution is -1.81. The summed E-state index contributed by atoms with van der Waals surface area (Å²) in [4.78, 5) is 0. The van der Waals surface area contributed by atoms with Crippen LogP contribution in [0.2, 0.25) is 0 Å². The Labute approximate surface area is 99.3 Å². The topological polar surface area (TPSA) is 0 Å². The van der Waals surface area contributed by atoms with Crippen molar-refractivity contribution in [3.63, 3.8) is 0 Å². The van der Waals surface area contributed by atoms with E-state index in [1.807, 2.05) is 6.07 Å². The maximum Gasteiger partial charge on any atom is 0.0328 e. The molecule has 0 aliphatic rings. The van der Waals surface area contributed by atoms with Crippen LogP contribution in [0.3, 0.4) is 0 Å². The van der Waals surface area contributed by atoms with Crippen molar-refractivity contribution in [2.45, 2.75) is 5.33 Å². The third kappa shape index (κ3) is 2.54. The molecule has 1 rings (SSSR count). The van der Waals surface area contributed by atoms with Crippen LogP contribution in [-0.4, -0.2) is 0 Å². The van der Waals surface area contributed by atoms with E-state index in [2.05, 4.69) is 69.8 Å². The first-order valence-electron chi connectivity index (χ1n) is 2.84. The second kappa shape index (κ2) is 4.40. The summed E-state index contributed by atoms with van der Waals surface area (Å²) in [6.45, 7) is 0. The van der Waals surface area contributed by atoms with E-state index in [1.54, 1.807) is 0 Å². The van der Waals surface area contributed by atoms with Gasteiger partial charge in [-0.05, 0) is 49.6 Å². The van der Waals surface area contributed by atoms with Gasteiger partial charge in [0, 0.05) is 18.7 Å². The maximum atomic E-state index is 3.46. The predicted octanol–water partition coefficient (Wildman–Crippen LogP) is 4.87. The minimum atomic E-state index is 0.861. The van der Waals surface area contributed by atoms with Crippen molar-refractivity contribution in [2.75, 3.05) is 0 Å². The van der Waals surface area contributed by atoms with Crippen molar-refractivity contribution in [3.8, 4) is 0 Å². The maximum absolute atomic E-state index is 3.46. The molecule has 1 aromatic carbocycles. The molecule has 0 aromatic heterocycles. The van der Waals surface area contributed by atoms with Crippen LogP contribution < -0.4 is 0 Å². The second-order valence-corrected chi connectivity index (χ2v) is 5.12. The molecular weight excluding hydrogens is 404 g/mol. The standard InChI is InChI=1S/C7H4Br4/c8-3-4-1-6(10)7(11)2-5(4)9/h1-2H,3H2. The number of halogens is 4. The van der Waals surface area contributed by atoms with Crippen molar-refractivity contribution >= 4 is 63.7 Å². The molecule has 0 spiro atoms. The predicted molar refractivity (Wildman–Crippen MR) is 62.2 cm³/mol. The number of hydrogen-bond acceptors (Lipinski definition) is 0. The molecule has 60 valence electrons. The molecule has 1 aromatic rings. The molecule has 0 unspecified atom stereocenters. The monoisotopic (exact) mass is 404 g/mol. The van der Waals surface area contributed by atoms with E-state index in [4.69, 9.17) is 0 Å². The summed E-state index contributed by atoms with van der Waals surface area (Å²) >= 11 is 13.7. The van der Waals surface area contributed by atoms with E-state index in [1.165, 1.54) is 5.56 Å². The van der Waals surface area contributed by atoms with E-state index in [0.29, 0.717) is 0 Å². The highest BCUT2D eigenvalue weighted by molar-refractivity contribution is 9.13. The van der Waals surface area contributed by atoms with Gasteiger partial charge in [0.15, 0.2) is 0 Å². The van der Waals surface area contributed by atoms with Gasteiger partial charge in [-0.2, -0.15) is 0 Å². The van der Waals surface area contributed by atoms with Crippen molar-refractivity contribution in [1.29, 1.82) is 0 Å². The van der Waals surface area contributed by atoms with Gasteiger partial charge < -0.3 is 0 Å². The van der Waals surface area contributed by atoms with E-state index in [-0.39, 0.29) is 0 Å². The fourth-order valence-electron chi connectivity index (χ4n) is 0.666. The number of hydrogen-bond donors (Lipinski definition) is 0. The summed E-state index contributed by atoms with van der Waals surface area (Å²) in [5.74, 6) is 0. The summed E-state index contributed by atoms with van der Waals surface area (Å²) in [6, 6.07) is 4.10. The Kier molecular flexibility index (Phi) is 4.09. The zero-order chi connectivity index (χ0) is 8.43. The van der Waals surface area contributed by atoms with Gasteiger partial charge in [-0.25, -0.2) is 0 Å². The molecule has 0 N–H and O–H groups in total. The average molecular weight is 408 g/mol. The van der Waals surface area contributed by atoms with Gasteiger partial charge in [-0.3, -0.25) is 0 Å². The lowest BCUT2D eigenvalue weighted by Gasteiger charge is -2.02. The van der Waals surface area contributed by atoms with E-state index in [0.717, 1.165) is 18.7 Å². The third-order valence-electron chi connectivity index (χ3n) is 1.23. The highest BCUT2D eigenvalue weighted by atomic mass is 79.9. The Bertz CT molecular complexity index is 269. The molecular formula is C7H4Br4. The van der Waals surface area contributed by atoms with Crippen molar-refractivity contribution < 1.29 is 0 Å². The van der Waals surface area contributed by atoms with Gasteiger partial charge in [0.25, 0.3) is 0 Å². The summed E-state index contributed by atoms with van der Waals surface area (Å²) in [6.07, 6.45) is 0. The summed E-state index contributed by atoms with van der Waals surface area (Å²) in [7, 11) is 0. The summed E-state index contributed by atoms with van der Waals surface area (Å²) in [5.41, 5.74) is 1.24. The fraction of sp³-hybridized carbons (Fsp3) is 0.143. The molecule has 0 fully saturated rings. The van der Waals surface area contributed by atoms with Gasteiger partial charge in [-0.1, -0.05) is 31.9 Å². The van der Waals surface area contributed by atoms with Gasteiger partial charge in [0.05, 0.1) is 0 Å². The van der Waals surface area contributed by atoms with Crippen LogP contribution >= 0.6 is 63.7 Å². The molecule has 0 saturated heterocycles. The Morgan fingerprint density at radius 3 is 2.00 bits per heavy atom. The van der Waals surface area contributed by atoms with Crippen molar-refractivity contribution in [2.24, 2.45) is 0 Å². The second-order valence-electron chi connectivity index (χ2n) is 1.99. The molecule has 0 aliphatic carbocycles. The highest BCUT2D eigenvalue weighted by Crippen LogP contribution is 2.30. The largest absolute Gasteiger partial charge is 0.0876 e. The lowest BCUT2D eigenvalue weighted by molar-refractivity contribution is 1.37. The van der Waals surface area contributed by atoms with Gasteiger partial charge in [0.2, 0.25) is 0 Å². The first kappa shape index (κ1) is 10.2. The van der Waals surface area contributed by atoms with Gasteiger partial charge in [-0.15, -0.1) is 0 Å². The van der Waals surface area contributed by atoms with Crippen molar-refractivity contribution in [1.82, 2.24) is 0 Å². The first-order chi connectivity index (χ1) is 5.15. The summed E-state index contributed by atoms with van der Waals surface area (Å²) < 4.78 is 3.26. The highest BCUT2D eigenvalue weighted by Gasteiger charge is 2.02. The van der Waals surface area contributed by atoms with E-state index in [9.17, 15) is 0 Å². The molecule has 0 atom stereocenters. The number of rotatable bonds is 1. The molecule has 0 bridgehead atoms. The number of benzene rings is 1. The zero-order valence-corrected chi connectivity index (χ0v) is 11.7. The van der Waals surface area contributed by atoms with Gasteiger partial charge >= 0.3 is 0 Å². The third-order valence-corrected chi connectivity index (χ3v) is 4.42. The van der Waals surface area contributed by atoms with Crippen LogP contribution in [0, 0.1) is 0 Å². The van der Waals surface area contributed by atoms with Crippen LogP contribution in [0.15, 0.2) is 25.6 Å². The molecule has 0 aliphatic heterocycles. The molecule has 0 amide bonds. The first-order valence-corrected chi connectivity index (χ1v) is 6.34. The minimum absolute atomic E-state index is 0.861. The Hall–Kier alpha value is 1.14. The van der Waals surface area contributed by atoms with E-state index >= 15 is 0 Å². The molecule has 4 heteroatoms. The Morgan fingerprint density at radius 1 is 0.909 bits per heavy atom. The zero-order valence-electron chi connectivity index (χ0n) is 5.37. The minimum Gasteiger partial charge on any atom is -0.0876 e. The Balaban J connectivity index is 3.21. The normalized spacial score (nSPS) is 10.2. The van der Waals surface area contributed by atoms with E-state index < -0.39 is 0 Å². The smallest absolute Gasteiger partial charge is 0.0328 e. The van der Waals surface area contributed by atoms with Crippen LogP contribution in [-0.2, 0) is 5.33 Å². The SMILES string of the molecule is BrCc1cc(Br)c(Br)cc1Br. The fourth-order valence-corrected chi connectivity index (χ4v) is 3.03. The van der Waals surface area contributed by atoms with Crippen LogP contribution in [0.25, 0.3) is 0 Å². The Morgan fingerprint density at radius 2 is 1.45 bits per heavy atom. The lowest BCUT2D eigenvalue weighted by atomic mass is 10.2.